The first kappa shape index (κ1) is 12.0. The van der Waals surface area contributed by atoms with E-state index in [1.165, 1.54) is 0 Å². The zero-order valence-electron chi connectivity index (χ0n) is 9.37. The zero-order valence-corrected chi connectivity index (χ0v) is 9.37. The molecule has 7 heteroatoms. The lowest BCUT2D eigenvalue weighted by atomic mass is 10.2. The van der Waals surface area contributed by atoms with Gasteiger partial charge in [0.25, 0.3) is 0 Å². The molecule has 0 aliphatic rings. The molecule has 1 N–H and O–H groups in total. The van der Waals surface area contributed by atoms with Gasteiger partial charge in [0, 0.05) is 0 Å². The first-order valence-electron chi connectivity index (χ1n) is 5.02. The molecule has 0 radical (unpaired) electrons. The minimum absolute atomic E-state index is 0.000576. The van der Waals surface area contributed by atoms with E-state index < -0.39 is 11.6 Å². The highest BCUT2D eigenvalue weighted by atomic mass is 19.1. The zero-order chi connectivity index (χ0) is 13.1. The molecular formula is C11H8F2N4O. The molecule has 0 spiro atoms. The van der Waals surface area contributed by atoms with E-state index in [1.54, 1.807) is 13.0 Å². The Morgan fingerprint density at radius 1 is 1.39 bits per heavy atom. The van der Waals surface area contributed by atoms with Crippen LogP contribution >= 0.6 is 0 Å². The van der Waals surface area contributed by atoms with Crippen LogP contribution in [0.5, 0.6) is 0 Å². The van der Waals surface area contributed by atoms with Crippen LogP contribution in [-0.4, -0.2) is 10.1 Å². The fourth-order valence-electron chi connectivity index (χ4n) is 1.38. The summed E-state index contributed by atoms with van der Waals surface area (Å²) in [6.07, 6.45) is 0. The van der Waals surface area contributed by atoms with E-state index in [1.807, 2.05) is 0 Å². The van der Waals surface area contributed by atoms with Crippen LogP contribution in [0.2, 0.25) is 0 Å². The molecule has 0 saturated carbocycles. The summed E-state index contributed by atoms with van der Waals surface area (Å²) in [4.78, 5) is 3.88. The minimum atomic E-state index is -0.845. The molecule has 0 unspecified atom stereocenters. The molecule has 0 bridgehead atoms. The Morgan fingerprint density at radius 2 is 2.06 bits per heavy atom. The number of nitriles is 1. The maximum Gasteiger partial charge on any atom is 0.245 e. The molecule has 2 rings (SSSR count). The average molecular weight is 250 g/mol. The quantitative estimate of drug-likeness (QED) is 0.903. The summed E-state index contributed by atoms with van der Waals surface area (Å²) in [6.45, 7) is 1.64. The standard InChI is InChI=1S/C11H8F2N4O/c1-6-16-10(18-17-6)5-15-11-8(12)2-7(4-14)3-9(11)13/h2-3,15H,5H2,1H3. The number of nitrogens with one attached hydrogen (secondary N) is 1. The van der Waals surface area contributed by atoms with Crippen LogP contribution in [0.4, 0.5) is 14.5 Å². The van der Waals surface area contributed by atoms with E-state index >= 15 is 0 Å². The molecular weight excluding hydrogens is 242 g/mol. The predicted octanol–water partition coefficient (Wildman–Crippen LogP) is 2.14. The van der Waals surface area contributed by atoms with Crippen LogP contribution in [-0.2, 0) is 6.54 Å². The van der Waals surface area contributed by atoms with Gasteiger partial charge in [-0.25, -0.2) is 8.78 Å². The number of hydrogen-bond donors (Lipinski definition) is 1. The van der Waals surface area contributed by atoms with Crippen molar-refractivity contribution in [3.8, 4) is 6.07 Å². The number of hydrogen-bond acceptors (Lipinski definition) is 5. The second-order valence-electron chi connectivity index (χ2n) is 3.52. The Bertz CT molecular complexity index is 595. The molecule has 2 aromatic rings. The van der Waals surface area contributed by atoms with Gasteiger partial charge in [-0.05, 0) is 19.1 Å². The van der Waals surface area contributed by atoms with Crippen LogP contribution in [0.15, 0.2) is 16.7 Å². The van der Waals surface area contributed by atoms with Gasteiger partial charge in [-0.15, -0.1) is 0 Å². The molecule has 5 nitrogen and oxygen atoms in total. The Labute approximate surface area is 101 Å². The summed E-state index contributed by atoms with van der Waals surface area (Å²) in [5, 5.41) is 14.6. The van der Waals surface area contributed by atoms with Gasteiger partial charge in [0.1, 0.15) is 5.69 Å². The minimum Gasteiger partial charge on any atom is -0.371 e. The van der Waals surface area contributed by atoms with Gasteiger partial charge in [-0.1, -0.05) is 5.16 Å². The van der Waals surface area contributed by atoms with Crippen molar-refractivity contribution in [3.63, 3.8) is 0 Å². The number of nitrogens with zero attached hydrogens (tertiary/aromatic N) is 3. The lowest BCUT2D eigenvalue weighted by molar-refractivity contribution is 0.379. The fraction of sp³-hybridized carbons (Fsp3) is 0.182. The van der Waals surface area contributed by atoms with Gasteiger partial charge in [0.15, 0.2) is 17.5 Å². The molecule has 0 atom stereocenters. The third-order valence-electron chi connectivity index (χ3n) is 2.16. The van der Waals surface area contributed by atoms with E-state index in [4.69, 9.17) is 9.78 Å². The van der Waals surface area contributed by atoms with Gasteiger partial charge in [0.05, 0.1) is 18.2 Å². The van der Waals surface area contributed by atoms with Crippen LogP contribution in [0.3, 0.4) is 0 Å². The Hall–Kier alpha value is -2.49. The van der Waals surface area contributed by atoms with Crippen molar-refractivity contribution in [1.82, 2.24) is 10.1 Å². The van der Waals surface area contributed by atoms with Crippen molar-refractivity contribution in [2.75, 3.05) is 5.32 Å². The summed E-state index contributed by atoms with van der Waals surface area (Å²) in [7, 11) is 0. The average Bonchev–Trinajstić information content (AvgIpc) is 2.73. The summed E-state index contributed by atoms with van der Waals surface area (Å²) >= 11 is 0. The van der Waals surface area contributed by atoms with Gasteiger partial charge in [-0.2, -0.15) is 10.2 Å². The lowest BCUT2D eigenvalue weighted by Crippen LogP contribution is -2.04. The summed E-state index contributed by atoms with van der Waals surface area (Å²) in [5.41, 5.74) is -0.408. The van der Waals surface area contributed by atoms with E-state index in [9.17, 15) is 8.78 Å². The largest absolute Gasteiger partial charge is 0.371 e. The summed E-state index contributed by atoms with van der Waals surface area (Å²) in [5.74, 6) is -1.03. The smallest absolute Gasteiger partial charge is 0.245 e. The van der Waals surface area contributed by atoms with Crippen LogP contribution in [0, 0.1) is 29.9 Å². The van der Waals surface area contributed by atoms with E-state index in [2.05, 4.69) is 15.5 Å². The molecule has 0 saturated heterocycles. The molecule has 0 fully saturated rings. The van der Waals surface area contributed by atoms with Crippen molar-refractivity contribution >= 4 is 5.69 Å². The summed E-state index contributed by atoms with van der Waals surface area (Å²) in [6, 6.07) is 3.56. The first-order chi connectivity index (χ1) is 8.60. The highest BCUT2D eigenvalue weighted by Gasteiger charge is 2.12. The van der Waals surface area contributed by atoms with Gasteiger partial charge < -0.3 is 9.84 Å². The number of anilines is 1. The molecule has 1 aromatic heterocycles. The van der Waals surface area contributed by atoms with E-state index in [-0.39, 0.29) is 23.7 Å². The maximum atomic E-state index is 13.5. The highest BCUT2D eigenvalue weighted by Crippen LogP contribution is 2.21. The van der Waals surface area contributed by atoms with Crippen LogP contribution in [0.25, 0.3) is 0 Å². The molecule has 0 aliphatic heterocycles. The third-order valence-corrected chi connectivity index (χ3v) is 2.16. The van der Waals surface area contributed by atoms with Gasteiger partial charge in [-0.3, -0.25) is 0 Å². The number of rotatable bonds is 3. The van der Waals surface area contributed by atoms with Crippen molar-refractivity contribution in [1.29, 1.82) is 5.26 Å². The second kappa shape index (κ2) is 4.79. The topological polar surface area (TPSA) is 74.7 Å². The number of halogens is 2. The monoisotopic (exact) mass is 250 g/mol. The van der Waals surface area contributed by atoms with Crippen molar-refractivity contribution in [3.05, 3.63) is 41.0 Å². The molecule has 92 valence electrons. The molecule has 1 aromatic carbocycles. The SMILES string of the molecule is Cc1noc(CNc2c(F)cc(C#N)cc2F)n1. The van der Waals surface area contributed by atoms with Crippen molar-refractivity contribution < 1.29 is 13.3 Å². The Kier molecular flexibility index (Phi) is 3.19. The number of benzene rings is 1. The Morgan fingerprint density at radius 3 is 2.56 bits per heavy atom. The third kappa shape index (κ3) is 2.43. The Balaban J connectivity index is 2.17. The van der Waals surface area contributed by atoms with Crippen LogP contribution < -0.4 is 5.32 Å². The summed E-state index contributed by atoms with van der Waals surface area (Å²) < 4.78 is 31.8. The van der Waals surface area contributed by atoms with E-state index in [0.29, 0.717) is 5.82 Å². The number of aromatic nitrogens is 2. The van der Waals surface area contributed by atoms with Gasteiger partial charge >= 0.3 is 0 Å². The first-order valence-corrected chi connectivity index (χ1v) is 5.02. The second-order valence-corrected chi connectivity index (χ2v) is 3.52. The normalized spacial score (nSPS) is 10.1. The fourth-order valence-corrected chi connectivity index (χ4v) is 1.38. The predicted molar refractivity (Wildman–Crippen MR) is 57.4 cm³/mol. The molecule has 18 heavy (non-hydrogen) atoms. The van der Waals surface area contributed by atoms with Crippen molar-refractivity contribution in [2.45, 2.75) is 13.5 Å². The molecule has 1 heterocycles. The maximum absolute atomic E-state index is 13.5. The molecule has 0 aliphatic carbocycles. The van der Waals surface area contributed by atoms with Crippen molar-refractivity contribution in [2.24, 2.45) is 0 Å². The number of aryl methyl sites for hydroxylation is 1. The highest BCUT2D eigenvalue weighted by molar-refractivity contribution is 5.50. The van der Waals surface area contributed by atoms with E-state index in [0.717, 1.165) is 12.1 Å². The van der Waals surface area contributed by atoms with Gasteiger partial charge in [0.2, 0.25) is 5.89 Å². The van der Waals surface area contributed by atoms with Crippen LogP contribution in [0.1, 0.15) is 17.3 Å². The lowest BCUT2D eigenvalue weighted by Gasteiger charge is -2.06. The molecule has 0 amide bonds.